The molecule has 0 aliphatic heterocycles. The lowest BCUT2D eigenvalue weighted by Crippen LogP contribution is -2.22. The Hall–Kier alpha value is -2.89. The highest BCUT2D eigenvalue weighted by molar-refractivity contribution is 5.92. The topological polar surface area (TPSA) is 93.5 Å². The van der Waals surface area contributed by atoms with E-state index in [2.05, 4.69) is 10.3 Å². The van der Waals surface area contributed by atoms with Crippen LogP contribution in [0.3, 0.4) is 0 Å². The van der Waals surface area contributed by atoms with Crippen LogP contribution in [0.25, 0.3) is 0 Å². The van der Waals surface area contributed by atoms with Crippen molar-refractivity contribution in [2.75, 3.05) is 5.32 Å². The highest BCUT2D eigenvalue weighted by atomic mass is 16.6. The number of hydrogen-bond donors (Lipinski definition) is 2. The fraction of sp³-hybridized carbons (Fsp3) is 0.188. The molecule has 0 spiro atoms. The van der Waals surface area contributed by atoms with Gasteiger partial charge in [0.1, 0.15) is 0 Å². The van der Waals surface area contributed by atoms with Crippen molar-refractivity contribution in [3.05, 3.63) is 69.3 Å². The first-order valence-electron chi connectivity index (χ1n) is 6.84. The summed E-state index contributed by atoms with van der Waals surface area (Å²) in [5.41, 5.74) is 9.59. The predicted molar refractivity (Wildman–Crippen MR) is 88.0 cm³/mol. The van der Waals surface area contributed by atoms with Gasteiger partial charge >= 0.3 is 0 Å². The van der Waals surface area contributed by atoms with Crippen molar-refractivity contribution in [3.63, 3.8) is 0 Å². The van der Waals surface area contributed by atoms with Crippen molar-refractivity contribution in [2.24, 2.45) is 10.7 Å². The van der Waals surface area contributed by atoms with Crippen LogP contribution < -0.4 is 11.1 Å². The zero-order chi connectivity index (χ0) is 16.1. The van der Waals surface area contributed by atoms with E-state index in [0.29, 0.717) is 5.56 Å². The predicted octanol–water partition coefficient (Wildman–Crippen LogP) is 3.14. The summed E-state index contributed by atoms with van der Waals surface area (Å²) in [4.78, 5) is 14.7. The SMILES string of the molecule is Cc1ccc(NC(N)=NCc2ccccc2[N+](=O)[O-])cc1C. The molecule has 2 aromatic rings. The molecule has 0 fully saturated rings. The first-order valence-corrected chi connectivity index (χ1v) is 6.84. The number of nitro groups is 1. The van der Waals surface area contributed by atoms with Crippen LogP contribution in [0.15, 0.2) is 47.5 Å². The van der Waals surface area contributed by atoms with E-state index in [4.69, 9.17) is 5.73 Å². The van der Waals surface area contributed by atoms with Crippen LogP contribution >= 0.6 is 0 Å². The van der Waals surface area contributed by atoms with Gasteiger partial charge in [0.15, 0.2) is 5.96 Å². The summed E-state index contributed by atoms with van der Waals surface area (Å²) in [6.45, 7) is 4.20. The minimum atomic E-state index is -0.419. The number of aryl methyl sites for hydroxylation is 2. The number of hydrogen-bond acceptors (Lipinski definition) is 3. The summed E-state index contributed by atoms with van der Waals surface area (Å²) < 4.78 is 0. The van der Waals surface area contributed by atoms with Gasteiger partial charge in [-0.2, -0.15) is 0 Å². The normalized spacial score (nSPS) is 11.3. The van der Waals surface area contributed by atoms with Gasteiger partial charge < -0.3 is 11.1 Å². The molecule has 0 saturated heterocycles. The van der Waals surface area contributed by atoms with Crippen molar-refractivity contribution >= 4 is 17.3 Å². The van der Waals surface area contributed by atoms with E-state index in [1.54, 1.807) is 18.2 Å². The Bertz CT molecular complexity index is 726. The lowest BCUT2D eigenvalue weighted by atomic mass is 10.1. The standard InChI is InChI=1S/C16H18N4O2/c1-11-7-8-14(9-12(11)2)19-16(17)18-10-13-5-3-4-6-15(13)20(21)22/h3-9H,10H2,1-2H3,(H3,17,18,19). The van der Waals surface area contributed by atoms with E-state index in [1.165, 1.54) is 11.6 Å². The molecule has 0 saturated carbocycles. The van der Waals surface area contributed by atoms with Crippen molar-refractivity contribution in [1.29, 1.82) is 0 Å². The minimum absolute atomic E-state index is 0.0465. The number of nitrogens with two attached hydrogens (primary N) is 1. The summed E-state index contributed by atoms with van der Waals surface area (Å²) >= 11 is 0. The third-order valence-electron chi connectivity index (χ3n) is 3.39. The van der Waals surface area contributed by atoms with Crippen LogP contribution in [0.5, 0.6) is 0 Å². The van der Waals surface area contributed by atoms with Gasteiger partial charge in [-0.1, -0.05) is 24.3 Å². The average Bonchev–Trinajstić information content (AvgIpc) is 2.49. The van der Waals surface area contributed by atoms with Crippen molar-refractivity contribution in [3.8, 4) is 0 Å². The number of rotatable bonds is 4. The molecule has 0 aromatic heterocycles. The number of nitrogens with zero attached hydrogens (tertiary/aromatic N) is 2. The van der Waals surface area contributed by atoms with E-state index < -0.39 is 4.92 Å². The molecule has 0 aliphatic rings. The second-order valence-corrected chi connectivity index (χ2v) is 5.01. The van der Waals surface area contributed by atoms with Crippen molar-refractivity contribution in [2.45, 2.75) is 20.4 Å². The Balaban J connectivity index is 2.10. The molecule has 114 valence electrons. The molecule has 2 rings (SSSR count). The third-order valence-corrected chi connectivity index (χ3v) is 3.39. The molecule has 2 aromatic carbocycles. The molecule has 0 atom stereocenters. The summed E-state index contributed by atoms with van der Waals surface area (Å²) in [5.74, 6) is 0.224. The molecule has 6 nitrogen and oxygen atoms in total. The third kappa shape index (κ3) is 3.82. The monoisotopic (exact) mass is 298 g/mol. The molecular weight excluding hydrogens is 280 g/mol. The highest BCUT2D eigenvalue weighted by Crippen LogP contribution is 2.18. The molecular formula is C16H18N4O2. The minimum Gasteiger partial charge on any atom is -0.370 e. The summed E-state index contributed by atoms with van der Waals surface area (Å²) in [5, 5.41) is 13.9. The van der Waals surface area contributed by atoms with Crippen LogP contribution in [0, 0.1) is 24.0 Å². The molecule has 6 heteroatoms. The quantitative estimate of drug-likeness (QED) is 0.392. The Morgan fingerprint density at radius 2 is 1.95 bits per heavy atom. The number of aliphatic imine (C=N–C) groups is 1. The highest BCUT2D eigenvalue weighted by Gasteiger charge is 2.11. The Kier molecular flexibility index (Phi) is 4.73. The van der Waals surface area contributed by atoms with E-state index in [-0.39, 0.29) is 18.2 Å². The molecule has 0 unspecified atom stereocenters. The molecule has 22 heavy (non-hydrogen) atoms. The van der Waals surface area contributed by atoms with Crippen LogP contribution in [-0.4, -0.2) is 10.9 Å². The molecule has 3 N–H and O–H groups in total. The van der Waals surface area contributed by atoms with Gasteiger partial charge in [0.2, 0.25) is 0 Å². The fourth-order valence-corrected chi connectivity index (χ4v) is 2.00. The molecule has 0 aliphatic carbocycles. The summed E-state index contributed by atoms with van der Waals surface area (Å²) in [6.07, 6.45) is 0. The van der Waals surface area contributed by atoms with Gasteiger partial charge in [-0.25, -0.2) is 4.99 Å². The van der Waals surface area contributed by atoms with Gasteiger partial charge in [-0.15, -0.1) is 0 Å². The number of anilines is 1. The Labute approximate surface area is 128 Å². The fourth-order valence-electron chi connectivity index (χ4n) is 2.00. The van der Waals surface area contributed by atoms with Gasteiger partial charge in [0, 0.05) is 11.8 Å². The van der Waals surface area contributed by atoms with Gasteiger partial charge in [-0.05, 0) is 37.1 Å². The van der Waals surface area contributed by atoms with Crippen molar-refractivity contribution < 1.29 is 4.92 Å². The number of guanidine groups is 1. The Morgan fingerprint density at radius 3 is 2.64 bits per heavy atom. The molecule has 0 heterocycles. The van der Waals surface area contributed by atoms with Crippen LogP contribution in [0.4, 0.5) is 11.4 Å². The lowest BCUT2D eigenvalue weighted by Gasteiger charge is -2.08. The smallest absolute Gasteiger partial charge is 0.274 e. The van der Waals surface area contributed by atoms with Gasteiger partial charge in [0.05, 0.1) is 17.0 Å². The van der Waals surface area contributed by atoms with Crippen LogP contribution in [0.2, 0.25) is 0 Å². The number of benzene rings is 2. The first-order chi connectivity index (χ1) is 10.5. The van der Waals surface area contributed by atoms with Crippen molar-refractivity contribution in [1.82, 2.24) is 0 Å². The van der Waals surface area contributed by atoms with Gasteiger partial charge in [0.25, 0.3) is 5.69 Å². The number of para-hydroxylation sites is 1. The van der Waals surface area contributed by atoms with E-state index in [0.717, 1.165) is 11.3 Å². The van der Waals surface area contributed by atoms with Crippen LogP contribution in [0.1, 0.15) is 16.7 Å². The zero-order valence-electron chi connectivity index (χ0n) is 12.5. The Morgan fingerprint density at radius 1 is 1.23 bits per heavy atom. The number of nitrogens with one attached hydrogen (secondary N) is 1. The second-order valence-electron chi connectivity index (χ2n) is 5.01. The van der Waals surface area contributed by atoms with Crippen LogP contribution in [-0.2, 0) is 6.54 Å². The zero-order valence-corrected chi connectivity index (χ0v) is 12.5. The maximum absolute atomic E-state index is 10.9. The molecule has 0 radical (unpaired) electrons. The first kappa shape index (κ1) is 15.5. The largest absolute Gasteiger partial charge is 0.370 e. The van der Waals surface area contributed by atoms with E-state index in [1.807, 2.05) is 32.0 Å². The average molecular weight is 298 g/mol. The maximum Gasteiger partial charge on any atom is 0.274 e. The summed E-state index contributed by atoms with van der Waals surface area (Å²) in [6, 6.07) is 12.4. The maximum atomic E-state index is 10.9. The lowest BCUT2D eigenvalue weighted by molar-refractivity contribution is -0.385. The van der Waals surface area contributed by atoms with E-state index >= 15 is 0 Å². The summed E-state index contributed by atoms with van der Waals surface area (Å²) in [7, 11) is 0. The molecule has 0 amide bonds. The molecule has 0 bridgehead atoms. The number of nitro benzene ring substituents is 1. The van der Waals surface area contributed by atoms with Gasteiger partial charge in [-0.3, -0.25) is 10.1 Å². The second kappa shape index (κ2) is 6.71. The van der Waals surface area contributed by atoms with E-state index in [9.17, 15) is 10.1 Å².